The van der Waals surface area contributed by atoms with Gasteiger partial charge in [-0.2, -0.15) is 0 Å². The highest BCUT2D eigenvalue weighted by molar-refractivity contribution is 5.39. The van der Waals surface area contributed by atoms with Gasteiger partial charge in [0.2, 0.25) is 0 Å². The molecule has 1 aromatic rings. The predicted octanol–water partition coefficient (Wildman–Crippen LogP) is 4.10. The van der Waals surface area contributed by atoms with Crippen LogP contribution in [0.15, 0.2) is 12.1 Å². The Balaban J connectivity index is 2.80. The van der Waals surface area contributed by atoms with Crippen molar-refractivity contribution in [2.24, 2.45) is 5.73 Å². The predicted molar refractivity (Wildman–Crippen MR) is 76.6 cm³/mol. The number of nitrogens with two attached hydrogens (primary N) is 1. The SMILES string of the molecule is Cc1cc(CCC[C@H](C)N)cc(C(C)C)c1C. The molecule has 96 valence electrons. The van der Waals surface area contributed by atoms with E-state index in [4.69, 9.17) is 5.73 Å². The van der Waals surface area contributed by atoms with E-state index >= 15 is 0 Å². The van der Waals surface area contributed by atoms with Gasteiger partial charge in [0.05, 0.1) is 0 Å². The maximum atomic E-state index is 5.79. The fourth-order valence-electron chi connectivity index (χ4n) is 2.34. The van der Waals surface area contributed by atoms with Crippen LogP contribution >= 0.6 is 0 Å². The summed E-state index contributed by atoms with van der Waals surface area (Å²) in [7, 11) is 0. The maximum Gasteiger partial charge on any atom is 0.00105 e. The van der Waals surface area contributed by atoms with Crippen molar-refractivity contribution in [1.82, 2.24) is 0 Å². The van der Waals surface area contributed by atoms with Crippen molar-refractivity contribution in [3.63, 3.8) is 0 Å². The fourth-order valence-corrected chi connectivity index (χ4v) is 2.34. The second-order valence-corrected chi connectivity index (χ2v) is 5.65. The average Bonchev–Trinajstić information content (AvgIpc) is 2.22. The molecule has 17 heavy (non-hydrogen) atoms. The Morgan fingerprint density at radius 2 is 1.76 bits per heavy atom. The zero-order valence-corrected chi connectivity index (χ0v) is 12.0. The van der Waals surface area contributed by atoms with Gasteiger partial charge in [-0.25, -0.2) is 0 Å². The molecule has 0 saturated carbocycles. The average molecular weight is 233 g/mol. The molecule has 2 N–H and O–H groups in total. The Labute approximate surface area is 106 Å². The van der Waals surface area contributed by atoms with Gasteiger partial charge in [0.1, 0.15) is 0 Å². The molecule has 0 aliphatic heterocycles. The van der Waals surface area contributed by atoms with Crippen LogP contribution in [0.2, 0.25) is 0 Å². The van der Waals surface area contributed by atoms with Crippen LogP contribution in [0.3, 0.4) is 0 Å². The van der Waals surface area contributed by atoms with Crippen molar-refractivity contribution in [3.8, 4) is 0 Å². The van der Waals surface area contributed by atoms with Gasteiger partial charge in [-0.15, -0.1) is 0 Å². The minimum atomic E-state index is 0.325. The summed E-state index contributed by atoms with van der Waals surface area (Å²) in [4.78, 5) is 0. The van der Waals surface area contributed by atoms with E-state index in [2.05, 4.69) is 46.8 Å². The molecule has 0 fully saturated rings. The molecule has 1 atom stereocenters. The molecule has 1 aromatic carbocycles. The summed E-state index contributed by atoms with van der Waals surface area (Å²) in [5, 5.41) is 0. The van der Waals surface area contributed by atoms with Gasteiger partial charge in [-0.1, -0.05) is 26.0 Å². The largest absolute Gasteiger partial charge is 0.328 e. The van der Waals surface area contributed by atoms with Crippen LogP contribution in [0.25, 0.3) is 0 Å². The summed E-state index contributed by atoms with van der Waals surface area (Å²) in [5.74, 6) is 0.613. The van der Waals surface area contributed by atoms with Crippen LogP contribution in [0, 0.1) is 13.8 Å². The second-order valence-electron chi connectivity index (χ2n) is 5.65. The lowest BCUT2D eigenvalue weighted by Gasteiger charge is -2.15. The summed E-state index contributed by atoms with van der Waals surface area (Å²) >= 11 is 0. The van der Waals surface area contributed by atoms with E-state index in [1.807, 2.05) is 0 Å². The summed E-state index contributed by atoms with van der Waals surface area (Å²) in [6.45, 7) is 11.1. The number of rotatable bonds is 5. The molecule has 0 unspecified atom stereocenters. The number of hydrogen-bond donors (Lipinski definition) is 1. The minimum Gasteiger partial charge on any atom is -0.328 e. The molecule has 1 rings (SSSR count). The highest BCUT2D eigenvalue weighted by Crippen LogP contribution is 2.24. The van der Waals surface area contributed by atoms with Gasteiger partial charge in [0.15, 0.2) is 0 Å². The monoisotopic (exact) mass is 233 g/mol. The topological polar surface area (TPSA) is 26.0 Å². The van der Waals surface area contributed by atoms with Crippen molar-refractivity contribution in [3.05, 3.63) is 34.4 Å². The van der Waals surface area contributed by atoms with E-state index in [0.717, 1.165) is 12.8 Å². The molecule has 0 aliphatic carbocycles. The van der Waals surface area contributed by atoms with Gasteiger partial charge in [-0.3, -0.25) is 0 Å². The van der Waals surface area contributed by atoms with Gasteiger partial charge < -0.3 is 5.73 Å². The fraction of sp³-hybridized carbons (Fsp3) is 0.625. The molecule has 0 saturated heterocycles. The molecule has 0 amide bonds. The van der Waals surface area contributed by atoms with E-state index in [-0.39, 0.29) is 0 Å². The second kappa shape index (κ2) is 6.20. The van der Waals surface area contributed by atoms with Crippen molar-refractivity contribution < 1.29 is 0 Å². The highest BCUT2D eigenvalue weighted by atomic mass is 14.6. The number of benzene rings is 1. The maximum absolute atomic E-state index is 5.79. The highest BCUT2D eigenvalue weighted by Gasteiger charge is 2.08. The first kappa shape index (κ1) is 14.2. The quantitative estimate of drug-likeness (QED) is 0.814. The summed E-state index contributed by atoms with van der Waals surface area (Å²) in [5.41, 5.74) is 11.6. The van der Waals surface area contributed by atoms with Crippen molar-refractivity contribution >= 4 is 0 Å². The summed E-state index contributed by atoms with van der Waals surface area (Å²) in [6, 6.07) is 5.04. The summed E-state index contributed by atoms with van der Waals surface area (Å²) in [6.07, 6.45) is 3.46. The Bertz CT molecular complexity index is 364. The van der Waals surface area contributed by atoms with Gasteiger partial charge >= 0.3 is 0 Å². The Morgan fingerprint density at radius 1 is 1.12 bits per heavy atom. The zero-order valence-electron chi connectivity index (χ0n) is 12.0. The lowest BCUT2D eigenvalue weighted by atomic mass is 9.91. The molecular formula is C16H27N. The molecule has 0 bridgehead atoms. The van der Waals surface area contributed by atoms with E-state index in [0.29, 0.717) is 12.0 Å². The lowest BCUT2D eigenvalue weighted by Crippen LogP contribution is -2.14. The number of hydrogen-bond acceptors (Lipinski definition) is 1. The third kappa shape index (κ3) is 4.16. The van der Waals surface area contributed by atoms with Gasteiger partial charge in [0.25, 0.3) is 0 Å². The third-order valence-electron chi connectivity index (χ3n) is 3.51. The normalized spacial score (nSPS) is 13.1. The first-order chi connectivity index (χ1) is 7.91. The van der Waals surface area contributed by atoms with Crippen LogP contribution in [0.5, 0.6) is 0 Å². The molecule has 0 aliphatic rings. The third-order valence-corrected chi connectivity index (χ3v) is 3.51. The van der Waals surface area contributed by atoms with Crippen molar-refractivity contribution in [2.75, 3.05) is 0 Å². The molecule has 1 nitrogen and oxygen atoms in total. The summed E-state index contributed by atoms with van der Waals surface area (Å²) < 4.78 is 0. The molecule has 0 aromatic heterocycles. The molecule has 0 spiro atoms. The Morgan fingerprint density at radius 3 is 2.29 bits per heavy atom. The van der Waals surface area contributed by atoms with Crippen LogP contribution in [-0.4, -0.2) is 6.04 Å². The van der Waals surface area contributed by atoms with Crippen LogP contribution < -0.4 is 5.73 Å². The van der Waals surface area contributed by atoms with E-state index in [1.165, 1.54) is 28.7 Å². The van der Waals surface area contributed by atoms with Crippen LogP contribution in [0.4, 0.5) is 0 Å². The van der Waals surface area contributed by atoms with E-state index < -0.39 is 0 Å². The van der Waals surface area contributed by atoms with E-state index in [1.54, 1.807) is 0 Å². The van der Waals surface area contributed by atoms with Gasteiger partial charge in [-0.05, 0) is 68.2 Å². The molecular weight excluding hydrogens is 206 g/mol. The van der Waals surface area contributed by atoms with Crippen molar-refractivity contribution in [1.29, 1.82) is 0 Å². The standard InChI is InChI=1S/C16H27N/c1-11(2)16-10-15(8-6-7-13(4)17)9-12(3)14(16)5/h9-11,13H,6-8,17H2,1-5H3/t13-/m0/s1. The Kier molecular flexibility index (Phi) is 5.20. The van der Waals surface area contributed by atoms with Crippen LogP contribution in [0.1, 0.15) is 61.8 Å². The van der Waals surface area contributed by atoms with Crippen molar-refractivity contribution in [2.45, 2.75) is 65.8 Å². The minimum absolute atomic E-state index is 0.325. The van der Waals surface area contributed by atoms with Gasteiger partial charge in [0, 0.05) is 6.04 Å². The van der Waals surface area contributed by atoms with Crippen LogP contribution in [-0.2, 0) is 6.42 Å². The first-order valence-electron chi connectivity index (χ1n) is 6.77. The first-order valence-corrected chi connectivity index (χ1v) is 6.77. The lowest BCUT2D eigenvalue weighted by molar-refractivity contribution is 0.624. The number of aryl methyl sites for hydroxylation is 2. The Hall–Kier alpha value is -0.820. The smallest absolute Gasteiger partial charge is 0.00105 e. The zero-order chi connectivity index (χ0) is 13.0. The molecule has 1 heteroatoms. The molecule has 0 heterocycles. The molecule has 0 radical (unpaired) electrons. The van der Waals surface area contributed by atoms with E-state index in [9.17, 15) is 0 Å².